The summed E-state index contributed by atoms with van der Waals surface area (Å²) in [4.78, 5) is 44.2. The van der Waals surface area contributed by atoms with Crippen molar-refractivity contribution in [1.29, 1.82) is 0 Å². The summed E-state index contributed by atoms with van der Waals surface area (Å²) >= 11 is 30.1. The van der Waals surface area contributed by atoms with Crippen LogP contribution in [0.4, 0.5) is 10.3 Å². The van der Waals surface area contributed by atoms with Gasteiger partial charge < -0.3 is 78.0 Å². The first-order chi connectivity index (χ1) is 63.4. The number of carbonyl (C=O) groups is 1. The molecule has 1 aliphatic rings. The average molecular weight is 1900 g/mol. The second kappa shape index (κ2) is 51.3. The zero-order valence-corrected chi connectivity index (χ0v) is 80.1. The Balaban J connectivity index is 0.000000166. The molecule has 8 heterocycles. The maximum Gasteiger partial charge on any atom is 0.211 e. The molecule has 0 fully saturated rings. The number of para-hydroxylation sites is 2. The maximum absolute atomic E-state index is 13.7. The third-order valence-electron chi connectivity index (χ3n) is 22.1. The lowest BCUT2D eigenvalue weighted by molar-refractivity contribution is 0.0346. The van der Waals surface area contributed by atoms with Gasteiger partial charge in [-0.3, -0.25) is 9.36 Å². The molecule has 0 amide bonds. The summed E-state index contributed by atoms with van der Waals surface area (Å²) in [5.41, 5.74) is 1.96. The fourth-order valence-corrected chi connectivity index (χ4v) is 16.1. The van der Waals surface area contributed by atoms with Crippen molar-refractivity contribution < 1.29 is 54.0 Å². The van der Waals surface area contributed by atoms with Crippen molar-refractivity contribution >= 4 is 97.5 Å². The van der Waals surface area contributed by atoms with Gasteiger partial charge in [0, 0.05) is 132 Å². The van der Waals surface area contributed by atoms with Crippen molar-refractivity contribution in [3.8, 4) is 28.7 Å². The molecule has 0 saturated carbocycles. The summed E-state index contributed by atoms with van der Waals surface area (Å²) in [6.07, 6.45) is 49.0. The maximum atomic E-state index is 13.7. The Kier molecular flexibility index (Phi) is 40.0. The van der Waals surface area contributed by atoms with Crippen LogP contribution in [0, 0.1) is 5.82 Å². The number of hydrogen-bond acceptors (Lipinski definition) is 18. The van der Waals surface area contributed by atoms with E-state index >= 15 is 0 Å². The molecule has 7 aromatic heterocycles. The monoisotopic (exact) mass is 1900 g/mol. The van der Waals surface area contributed by atoms with Crippen LogP contribution < -0.4 is 19.5 Å². The number of nitrogens with zero attached hydrogens (tertiary/aromatic N) is 13. The molecule has 0 spiro atoms. The number of amidine groups is 1. The van der Waals surface area contributed by atoms with E-state index in [9.17, 15) is 39.8 Å². The van der Waals surface area contributed by atoms with Crippen LogP contribution >= 0.6 is 58.0 Å². The molecule has 132 heavy (non-hydrogen) atoms. The first kappa shape index (κ1) is 103. The SMILES string of the molecule is CC(O)(Cn1ccnc1)c1cc(Cl)ccc1O.CC1=NC(c2c[nH]c3ccc(F)cc23)n2c(nc3ccccc32)N1.CCCCCCCCCOc1ccc(Cl)cc1C(C)(O)Cn1ccnc1.CCCCCCCCOc1ccc(Cl)cc1C(C)(O)Cn1ccnc1.CCCCCCCOc1ccc(Cl)cc1C(C)(O)Cn1ccnc1.O=C(Cn1ccnc1)c1cc(Cl)ccc1O. The lowest BCUT2D eigenvalue weighted by Crippen LogP contribution is -2.28. The Morgan fingerprint density at radius 3 is 1.23 bits per heavy atom. The molecule has 8 N–H and O–H groups in total. The second-order valence-electron chi connectivity index (χ2n) is 33.7. The first-order valence-corrected chi connectivity index (χ1v) is 46.9. The van der Waals surface area contributed by atoms with Crippen molar-refractivity contribution in [2.24, 2.45) is 4.99 Å². The molecule has 7 aromatic carbocycles. The molecule has 5 atom stereocenters. The average Bonchev–Trinajstić information content (AvgIpc) is 1.59. The van der Waals surface area contributed by atoms with Crippen molar-refractivity contribution in [2.75, 3.05) is 25.1 Å². The van der Waals surface area contributed by atoms with E-state index in [1.807, 2.05) is 87.9 Å². The van der Waals surface area contributed by atoms with E-state index in [2.05, 4.69) is 65.5 Å². The van der Waals surface area contributed by atoms with E-state index in [1.54, 1.807) is 173 Å². The number of ketones is 1. The molecule has 704 valence electrons. The van der Waals surface area contributed by atoms with Crippen LogP contribution in [0.2, 0.25) is 25.1 Å². The molecule has 14 aromatic rings. The van der Waals surface area contributed by atoms with Gasteiger partial charge in [0.25, 0.3) is 0 Å². The highest BCUT2D eigenvalue weighted by Gasteiger charge is 2.33. The summed E-state index contributed by atoms with van der Waals surface area (Å²) < 4.78 is 42.6. The highest BCUT2D eigenvalue weighted by Crippen LogP contribution is 2.41. The summed E-state index contributed by atoms with van der Waals surface area (Å²) in [6.45, 7) is 19.1. The fraction of sp³-hybridized carbons (Fsp3) is 0.386. The Morgan fingerprint density at radius 2 is 0.818 bits per heavy atom. The van der Waals surface area contributed by atoms with E-state index in [1.165, 1.54) is 127 Å². The number of halogens is 6. The number of carbonyl (C=O) groups excluding carboxylic acids is 1. The minimum atomic E-state index is -1.21. The number of phenols is 2. The van der Waals surface area contributed by atoms with E-state index in [0.717, 1.165) is 58.5 Å². The van der Waals surface area contributed by atoms with Crippen LogP contribution in [0.1, 0.15) is 215 Å². The molecule has 0 radical (unpaired) electrons. The van der Waals surface area contributed by atoms with Crippen molar-refractivity contribution in [1.82, 2.24) is 62.3 Å². The summed E-state index contributed by atoms with van der Waals surface area (Å²) in [6, 6.07) is 38.0. The van der Waals surface area contributed by atoms with E-state index in [-0.39, 0.29) is 41.4 Å². The molecular weight excluding hydrogens is 1780 g/mol. The molecule has 25 nitrogen and oxygen atoms in total. The number of unbranched alkanes of at least 4 members (excludes halogenated alkanes) is 15. The Morgan fingerprint density at radius 1 is 0.447 bits per heavy atom. The largest absolute Gasteiger partial charge is 0.508 e. The number of aliphatic imine (C=N–C) groups is 1. The highest BCUT2D eigenvalue weighted by atomic mass is 35.5. The van der Waals surface area contributed by atoms with Crippen molar-refractivity contribution in [3.05, 3.63) is 298 Å². The van der Waals surface area contributed by atoms with E-state index in [0.29, 0.717) is 111 Å². The van der Waals surface area contributed by atoms with Gasteiger partial charge in [0.05, 0.1) is 101 Å². The summed E-state index contributed by atoms with van der Waals surface area (Å²) in [5.74, 6) is 3.13. The van der Waals surface area contributed by atoms with E-state index < -0.39 is 22.4 Å². The van der Waals surface area contributed by atoms with Gasteiger partial charge in [0.15, 0.2) is 11.9 Å². The van der Waals surface area contributed by atoms with Gasteiger partial charge in [-0.1, -0.05) is 187 Å². The molecule has 15 rings (SSSR count). The van der Waals surface area contributed by atoms with Gasteiger partial charge in [-0.2, -0.15) is 0 Å². The number of aromatic hydroxyl groups is 2. The second-order valence-corrected chi connectivity index (χ2v) is 35.9. The predicted molar refractivity (Wildman–Crippen MR) is 524 cm³/mol. The lowest BCUT2D eigenvalue weighted by atomic mass is 9.95. The van der Waals surface area contributed by atoms with Gasteiger partial charge in [0.1, 0.15) is 62.8 Å². The smallest absolute Gasteiger partial charge is 0.211 e. The van der Waals surface area contributed by atoms with Gasteiger partial charge >= 0.3 is 0 Å². The third-order valence-corrected chi connectivity index (χ3v) is 23.3. The van der Waals surface area contributed by atoms with E-state index in [4.69, 9.17) is 77.2 Å². The quantitative estimate of drug-likeness (QED) is 0.0131. The predicted octanol–water partition coefficient (Wildman–Crippen LogP) is 23.9. The number of aliphatic hydroxyl groups is 4. The number of Topliss-reactive ketones (excluding diaryl/α,β-unsaturated/α-hetero) is 1. The molecule has 5 unspecified atom stereocenters. The molecule has 1 aliphatic heterocycles. The van der Waals surface area contributed by atoms with Crippen molar-refractivity contribution in [2.45, 2.75) is 232 Å². The van der Waals surface area contributed by atoms with Gasteiger partial charge in [-0.15, -0.1) is 0 Å². The lowest BCUT2D eigenvalue weighted by Gasteiger charge is -2.27. The molecule has 0 bridgehead atoms. The molecule has 0 aliphatic carbocycles. The fourth-order valence-electron chi connectivity index (χ4n) is 15.3. The topological polar surface area (TPSA) is 313 Å². The minimum absolute atomic E-state index is 0.0273. The molecule has 31 heteroatoms. The number of imidazole rings is 6. The Labute approximate surface area is 797 Å². The number of rotatable bonds is 40. The summed E-state index contributed by atoms with van der Waals surface area (Å²) in [5, 5.41) is 69.3. The number of benzene rings is 7. The number of H-pyrrole nitrogens is 1. The number of fused-ring (bicyclic) bond motifs is 4. The normalized spacial score (nSPS) is 13.9. The zero-order valence-electron chi connectivity index (χ0n) is 76.3. The summed E-state index contributed by atoms with van der Waals surface area (Å²) in [7, 11) is 0. The standard InChI is InChI=1S/C21H31ClN2O2.C20H29ClN2O2.C19H27ClN2O2.C18H14FN5.C12H13ClN2O2.C11H9ClN2O2/c1-3-4-5-6-7-8-9-14-26-20-11-10-18(22)15-19(20)21(2,25)16-24-13-12-23-17-24;1-3-4-5-6-7-8-13-25-19-10-9-17(21)14-18(19)20(2,24)15-23-12-11-22-16-23;1-3-4-5-6-7-12-24-18-9-8-16(20)13-17(18)19(2,23)14-22-11-10-21-15-22;1-10-21-17(13-9-20-14-7-6-11(19)8-12(13)14)24-16-5-3-2-4-15(16)23-18(24)22-10;1-12(17,7-15-5-4-14-8-15)10-6-9(13)2-3-11(10)16;12-8-1-2-10(15)9(5-8)11(16)6-14-4-3-13-7-14/h10-13,15,17,25H,3-9,14,16H2,1-2H3;9-12,14,16,24H,3-8,13,15H2,1-2H3;8-11,13,15,23H,3-7,12,14H2,1-2H3;2-9,17,20H,1H3,(H,21,22,23);2-6,8,16-17H,7H2,1H3;1-5,7,15H,6H2. The number of hydrogen-bond donors (Lipinski definition) is 8. The number of ether oxygens (including phenoxy) is 3. The third kappa shape index (κ3) is 31.6. The molecular formula is C101H123Cl5FN15O10. The molecule has 0 saturated heterocycles. The highest BCUT2D eigenvalue weighted by molar-refractivity contribution is 6.32. The van der Waals surface area contributed by atoms with Crippen LogP contribution in [0.25, 0.3) is 21.9 Å². The number of nitrogens with one attached hydrogen (secondary N) is 2. The van der Waals surface area contributed by atoms with Crippen LogP contribution in [0.3, 0.4) is 0 Å². The first-order valence-electron chi connectivity index (χ1n) is 45.0. The van der Waals surface area contributed by atoms with Crippen LogP contribution in [0.5, 0.6) is 28.7 Å². The number of aromatic amines is 1. The van der Waals surface area contributed by atoms with Gasteiger partial charge in [0.2, 0.25) is 5.95 Å². The van der Waals surface area contributed by atoms with Crippen LogP contribution in [-0.4, -0.2) is 124 Å². The van der Waals surface area contributed by atoms with Crippen molar-refractivity contribution in [3.63, 3.8) is 0 Å². The van der Waals surface area contributed by atoms with Gasteiger partial charge in [-0.25, -0.2) is 39.3 Å². The van der Waals surface area contributed by atoms with Crippen LogP contribution in [-0.2, 0) is 55.1 Å². The van der Waals surface area contributed by atoms with Gasteiger partial charge in [-0.05, 0) is 175 Å². The zero-order chi connectivity index (χ0) is 94.6. The Hall–Kier alpha value is -11.0. The van der Waals surface area contributed by atoms with Crippen LogP contribution in [0.15, 0.2) is 238 Å². The number of aromatic nitrogens is 13. The number of phenolic OH excluding ortho intramolecular Hbond substituents is 2. The Bertz CT molecular complexity index is 5830. The minimum Gasteiger partial charge on any atom is -0.508 e. The number of anilines is 1.